The van der Waals surface area contributed by atoms with Crippen molar-refractivity contribution < 1.29 is 13.6 Å². The van der Waals surface area contributed by atoms with Crippen molar-refractivity contribution >= 4 is 6.08 Å². The Bertz CT molecular complexity index is 488. The number of carbonyl (C=O) groups excluding carboxylic acids is 1. The van der Waals surface area contributed by atoms with E-state index in [0.717, 1.165) is 6.42 Å². The van der Waals surface area contributed by atoms with Gasteiger partial charge >= 0.3 is 0 Å². The summed E-state index contributed by atoms with van der Waals surface area (Å²) in [5.41, 5.74) is -0.624. The van der Waals surface area contributed by atoms with Gasteiger partial charge in [0.25, 0.3) is 0 Å². The highest BCUT2D eigenvalue weighted by atomic mass is 19.1. The van der Waals surface area contributed by atoms with E-state index in [-0.39, 0.29) is 5.56 Å². The van der Waals surface area contributed by atoms with Crippen molar-refractivity contribution in [3.63, 3.8) is 0 Å². The number of nitrogens with zero attached hydrogens (tertiary/aromatic N) is 1. The molecule has 0 spiro atoms. The van der Waals surface area contributed by atoms with Crippen molar-refractivity contribution in [2.75, 3.05) is 0 Å². The van der Waals surface area contributed by atoms with Gasteiger partial charge in [0.05, 0.1) is 5.56 Å². The molecule has 0 unspecified atom stereocenters. The summed E-state index contributed by atoms with van der Waals surface area (Å²) in [6.07, 6.45) is 3.75. The summed E-state index contributed by atoms with van der Waals surface area (Å²) < 4.78 is 27.9. The number of hydrogen-bond donors (Lipinski definition) is 0. The van der Waals surface area contributed by atoms with E-state index in [4.69, 9.17) is 0 Å². The van der Waals surface area contributed by atoms with Gasteiger partial charge in [0.15, 0.2) is 0 Å². The molecule has 1 aliphatic carbocycles. The molecule has 0 saturated heterocycles. The van der Waals surface area contributed by atoms with Gasteiger partial charge in [-0.05, 0) is 37.3 Å². The molecule has 1 saturated carbocycles. The average molecular weight is 237 g/mol. The Kier molecular flexibility index (Phi) is 3.07. The van der Waals surface area contributed by atoms with Crippen LogP contribution in [0.15, 0.2) is 17.1 Å². The molecule has 0 amide bonds. The highest BCUT2D eigenvalue weighted by Gasteiger charge is 2.43. The van der Waals surface area contributed by atoms with E-state index in [9.17, 15) is 13.6 Å². The molecule has 90 valence electrons. The Morgan fingerprint density at radius 2 is 2.12 bits per heavy atom. The molecule has 0 atom stereocenters. The molecular formula is C13H13F2NO. The Morgan fingerprint density at radius 1 is 1.41 bits per heavy atom. The van der Waals surface area contributed by atoms with Crippen LogP contribution in [-0.2, 0) is 16.8 Å². The van der Waals surface area contributed by atoms with Crippen LogP contribution in [0.4, 0.5) is 8.78 Å². The molecule has 0 N–H and O–H groups in total. The summed E-state index contributed by atoms with van der Waals surface area (Å²) in [6, 6.07) is 2.68. The molecule has 0 radical (unpaired) electrons. The van der Waals surface area contributed by atoms with Crippen molar-refractivity contribution in [1.82, 2.24) is 0 Å². The van der Waals surface area contributed by atoms with Crippen LogP contribution in [0.2, 0.25) is 0 Å². The van der Waals surface area contributed by atoms with E-state index in [1.165, 1.54) is 18.2 Å². The molecule has 4 heteroatoms. The molecule has 0 bridgehead atoms. The average Bonchev–Trinajstić information content (AvgIpc) is 2.26. The lowest BCUT2D eigenvalue weighted by Gasteiger charge is -2.37. The van der Waals surface area contributed by atoms with Gasteiger partial charge in [0.2, 0.25) is 6.08 Å². The van der Waals surface area contributed by atoms with E-state index < -0.39 is 17.2 Å². The predicted molar refractivity (Wildman–Crippen MR) is 59.4 cm³/mol. The smallest absolute Gasteiger partial charge is 0.211 e. The maximum Gasteiger partial charge on any atom is 0.235 e. The standard InChI is InChI=1S/C13H13F2NO/c1-2-9-4-5-10(14)11(12(9)15)13(16-8-17)6-3-7-13/h4-5H,2-3,6-7H2,1H3. The zero-order chi connectivity index (χ0) is 12.5. The maximum atomic E-state index is 14.1. The second kappa shape index (κ2) is 4.38. The van der Waals surface area contributed by atoms with Gasteiger partial charge in [-0.15, -0.1) is 0 Å². The van der Waals surface area contributed by atoms with Crippen molar-refractivity contribution in [3.05, 3.63) is 34.9 Å². The lowest BCUT2D eigenvalue weighted by atomic mass is 9.71. The molecular weight excluding hydrogens is 224 g/mol. The molecule has 1 aromatic carbocycles. The normalized spacial score (nSPS) is 17.1. The summed E-state index contributed by atoms with van der Waals surface area (Å²) in [6.45, 7) is 1.80. The Balaban J connectivity index is 2.61. The molecule has 0 aromatic heterocycles. The van der Waals surface area contributed by atoms with Gasteiger partial charge in [-0.25, -0.2) is 13.6 Å². The number of benzene rings is 1. The van der Waals surface area contributed by atoms with Crippen LogP contribution < -0.4 is 0 Å². The highest BCUT2D eigenvalue weighted by molar-refractivity contribution is 5.41. The van der Waals surface area contributed by atoms with Gasteiger partial charge in [-0.2, -0.15) is 4.99 Å². The van der Waals surface area contributed by atoms with E-state index in [0.29, 0.717) is 24.8 Å². The van der Waals surface area contributed by atoms with Crippen molar-refractivity contribution in [3.8, 4) is 0 Å². The van der Waals surface area contributed by atoms with E-state index >= 15 is 0 Å². The highest BCUT2D eigenvalue weighted by Crippen LogP contribution is 2.47. The van der Waals surface area contributed by atoms with E-state index in [2.05, 4.69) is 4.99 Å². The molecule has 2 rings (SSSR count). The Labute approximate surface area is 98.4 Å². The zero-order valence-corrected chi connectivity index (χ0v) is 9.59. The van der Waals surface area contributed by atoms with E-state index in [1.807, 2.05) is 0 Å². The topological polar surface area (TPSA) is 29.4 Å². The maximum absolute atomic E-state index is 14.1. The van der Waals surface area contributed by atoms with Crippen molar-refractivity contribution in [2.24, 2.45) is 4.99 Å². The molecule has 17 heavy (non-hydrogen) atoms. The van der Waals surface area contributed by atoms with E-state index in [1.54, 1.807) is 6.92 Å². The molecule has 2 nitrogen and oxygen atoms in total. The quantitative estimate of drug-likeness (QED) is 0.586. The number of rotatable bonds is 3. The SMILES string of the molecule is CCc1ccc(F)c(C2(N=C=O)CCC2)c1F. The second-order valence-corrected chi connectivity index (χ2v) is 4.34. The second-order valence-electron chi connectivity index (χ2n) is 4.34. The number of aliphatic imine (C=N–C) groups is 1. The molecule has 1 aromatic rings. The largest absolute Gasteiger partial charge is 0.235 e. The summed E-state index contributed by atoms with van der Waals surface area (Å²) in [5, 5.41) is 0. The monoisotopic (exact) mass is 237 g/mol. The third kappa shape index (κ3) is 1.79. The fraction of sp³-hybridized carbons (Fsp3) is 0.462. The Hall–Kier alpha value is -1.54. The lowest BCUT2D eigenvalue weighted by molar-refractivity contribution is 0.238. The minimum atomic E-state index is -1.01. The van der Waals surface area contributed by atoms with Crippen LogP contribution in [-0.4, -0.2) is 6.08 Å². The van der Waals surface area contributed by atoms with Crippen LogP contribution in [0, 0.1) is 11.6 Å². The molecule has 1 fully saturated rings. The number of halogens is 2. The van der Waals surface area contributed by atoms with Gasteiger partial charge in [0.1, 0.15) is 17.2 Å². The predicted octanol–water partition coefficient (Wildman–Crippen LogP) is 3.24. The summed E-state index contributed by atoms with van der Waals surface area (Å²) in [5.74, 6) is -1.19. The van der Waals surface area contributed by atoms with Gasteiger partial charge in [-0.1, -0.05) is 13.0 Å². The van der Waals surface area contributed by atoms with Crippen LogP contribution in [0.3, 0.4) is 0 Å². The molecule has 0 heterocycles. The van der Waals surface area contributed by atoms with Crippen molar-refractivity contribution in [2.45, 2.75) is 38.1 Å². The van der Waals surface area contributed by atoms with Gasteiger partial charge in [-0.3, -0.25) is 0 Å². The van der Waals surface area contributed by atoms with Crippen molar-refractivity contribution in [1.29, 1.82) is 0 Å². The number of isocyanates is 1. The minimum Gasteiger partial charge on any atom is -0.211 e. The Morgan fingerprint density at radius 3 is 2.59 bits per heavy atom. The van der Waals surface area contributed by atoms with Crippen LogP contribution in [0.1, 0.15) is 37.3 Å². The first kappa shape index (κ1) is 11.9. The minimum absolute atomic E-state index is 0.0635. The fourth-order valence-electron chi connectivity index (χ4n) is 2.31. The number of hydrogen-bond acceptors (Lipinski definition) is 2. The van der Waals surface area contributed by atoms with Crippen LogP contribution in [0.25, 0.3) is 0 Å². The third-order valence-electron chi connectivity index (χ3n) is 3.46. The summed E-state index contributed by atoms with van der Waals surface area (Å²) >= 11 is 0. The third-order valence-corrected chi connectivity index (χ3v) is 3.46. The van der Waals surface area contributed by atoms with Crippen LogP contribution >= 0.6 is 0 Å². The fourth-order valence-corrected chi connectivity index (χ4v) is 2.31. The summed E-state index contributed by atoms with van der Waals surface area (Å²) in [4.78, 5) is 14.1. The van der Waals surface area contributed by atoms with Crippen LogP contribution in [0.5, 0.6) is 0 Å². The first-order valence-electron chi connectivity index (χ1n) is 5.71. The lowest BCUT2D eigenvalue weighted by Crippen LogP contribution is -2.34. The van der Waals surface area contributed by atoms with Gasteiger partial charge in [0, 0.05) is 0 Å². The van der Waals surface area contributed by atoms with Gasteiger partial charge < -0.3 is 0 Å². The first-order valence-corrected chi connectivity index (χ1v) is 5.71. The molecule has 1 aliphatic rings. The first-order chi connectivity index (χ1) is 8.14. The summed E-state index contributed by atoms with van der Waals surface area (Å²) in [7, 11) is 0. The molecule has 0 aliphatic heterocycles. The number of aryl methyl sites for hydroxylation is 1. The zero-order valence-electron chi connectivity index (χ0n) is 9.59.